The number of hydrogen-bond acceptors (Lipinski definition) is 3. The topological polar surface area (TPSA) is 30.5 Å². The second-order valence-electron chi connectivity index (χ2n) is 2.14. The molecule has 0 atom stereocenters. The second kappa shape index (κ2) is 5.11. The molecule has 1 heterocycles. The van der Waals surface area contributed by atoms with Gasteiger partial charge in [0.2, 0.25) is 0 Å². The summed E-state index contributed by atoms with van der Waals surface area (Å²) in [5.74, 6) is 0. The average molecular weight is 143 g/mol. The van der Waals surface area contributed by atoms with Gasteiger partial charge in [-0.15, -0.1) is 0 Å². The molecule has 0 aliphatic carbocycles. The fourth-order valence-corrected chi connectivity index (χ4v) is 0.733. The highest BCUT2D eigenvalue weighted by atomic mass is 16.5. The molecule has 0 spiro atoms. The fourth-order valence-electron chi connectivity index (χ4n) is 0.733. The fraction of sp³-hybridized carbons (Fsp3) is 0.714. The van der Waals surface area contributed by atoms with E-state index in [0.717, 1.165) is 26.1 Å². The molecule has 0 unspecified atom stereocenters. The molecular formula is C7H13NO2. The third-order valence-corrected chi connectivity index (χ3v) is 1.27. The molecular weight excluding hydrogens is 130 g/mol. The highest BCUT2D eigenvalue weighted by molar-refractivity contribution is 4.68. The van der Waals surface area contributed by atoms with Gasteiger partial charge in [0.15, 0.2) is 0 Å². The van der Waals surface area contributed by atoms with E-state index in [1.165, 1.54) is 0 Å². The van der Waals surface area contributed by atoms with Crippen molar-refractivity contribution in [3.63, 3.8) is 0 Å². The van der Waals surface area contributed by atoms with Gasteiger partial charge in [-0.05, 0) is 12.8 Å². The summed E-state index contributed by atoms with van der Waals surface area (Å²) in [6.45, 7) is 2.20. The lowest BCUT2D eigenvalue weighted by molar-refractivity contribution is 0.110. The van der Waals surface area contributed by atoms with Crippen molar-refractivity contribution in [3.8, 4) is 0 Å². The van der Waals surface area contributed by atoms with Gasteiger partial charge in [-0.25, -0.2) is 0 Å². The minimum atomic E-state index is 0.583. The van der Waals surface area contributed by atoms with Crippen LogP contribution >= 0.6 is 0 Å². The summed E-state index contributed by atoms with van der Waals surface area (Å²) >= 11 is 0. The lowest BCUT2D eigenvalue weighted by Crippen LogP contribution is -2.13. The van der Waals surface area contributed by atoms with E-state index < -0.39 is 0 Å². The zero-order valence-corrected chi connectivity index (χ0v) is 6.01. The lowest BCUT2D eigenvalue weighted by atomic mass is 10.3. The lowest BCUT2D eigenvalue weighted by Gasteiger charge is -2.06. The largest absolute Gasteiger partial charge is 0.500 e. The van der Waals surface area contributed by atoms with Gasteiger partial charge in [0.25, 0.3) is 0 Å². The Kier molecular flexibility index (Phi) is 3.79. The van der Waals surface area contributed by atoms with E-state index in [9.17, 15) is 0 Å². The van der Waals surface area contributed by atoms with Gasteiger partial charge in [-0.1, -0.05) is 0 Å². The van der Waals surface area contributed by atoms with Crippen LogP contribution in [0.1, 0.15) is 12.8 Å². The first kappa shape index (κ1) is 7.41. The van der Waals surface area contributed by atoms with E-state index in [-0.39, 0.29) is 0 Å². The second-order valence-corrected chi connectivity index (χ2v) is 2.14. The van der Waals surface area contributed by atoms with Crippen molar-refractivity contribution in [1.82, 2.24) is 5.32 Å². The third-order valence-electron chi connectivity index (χ3n) is 1.27. The Balaban J connectivity index is 2.13. The summed E-state index contributed by atoms with van der Waals surface area (Å²) in [6.07, 6.45) is 5.57. The van der Waals surface area contributed by atoms with E-state index in [1.54, 1.807) is 12.5 Å². The summed E-state index contributed by atoms with van der Waals surface area (Å²) in [5.41, 5.74) is 0. The Labute approximate surface area is 61.0 Å². The van der Waals surface area contributed by atoms with Crippen LogP contribution in [0.15, 0.2) is 12.5 Å². The smallest absolute Gasteiger partial charge is 0.116 e. The molecule has 0 aromatic rings. The number of rotatable bonds is 0. The Hall–Kier alpha value is -0.700. The first-order valence-corrected chi connectivity index (χ1v) is 3.58. The molecule has 0 saturated heterocycles. The van der Waals surface area contributed by atoms with Crippen LogP contribution in [0.4, 0.5) is 0 Å². The zero-order chi connectivity index (χ0) is 7.07. The van der Waals surface area contributed by atoms with E-state index in [2.05, 4.69) is 5.32 Å². The molecule has 1 aliphatic heterocycles. The normalized spacial score (nSPS) is 24.0. The first-order chi connectivity index (χ1) is 5.00. The maximum atomic E-state index is 5.19. The molecule has 0 radical (unpaired) electrons. The SMILES string of the molecule is C1=C\OCCCCOCN/1. The minimum absolute atomic E-state index is 0.583. The summed E-state index contributed by atoms with van der Waals surface area (Å²) < 4.78 is 10.3. The molecule has 58 valence electrons. The predicted molar refractivity (Wildman–Crippen MR) is 38.3 cm³/mol. The highest BCUT2D eigenvalue weighted by Crippen LogP contribution is 1.92. The van der Waals surface area contributed by atoms with Crippen molar-refractivity contribution in [2.75, 3.05) is 19.9 Å². The highest BCUT2D eigenvalue weighted by Gasteiger charge is 1.90. The summed E-state index contributed by atoms with van der Waals surface area (Å²) in [7, 11) is 0. The standard InChI is InChI=1S/C7H13NO2/c1-2-5-10-7-8-3-6-9-4-1/h3,6,8H,1-2,4-5,7H2/b6-3-. The van der Waals surface area contributed by atoms with E-state index >= 15 is 0 Å². The van der Waals surface area contributed by atoms with Gasteiger partial charge in [-0.3, -0.25) is 0 Å². The van der Waals surface area contributed by atoms with E-state index in [0.29, 0.717) is 6.73 Å². The van der Waals surface area contributed by atoms with Crippen LogP contribution in [0.3, 0.4) is 0 Å². The van der Waals surface area contributed by atoms with Crippen molar-refractivity contribution < 1.29 is 9.47 Å². The predicted octanol–water partition coefficient (Wildman–Crippen LogP) is 0.832. The van der Waals surface area contributed by atoms with E-state index in [4.69, 9.17) is 9.47 Å². The summed E-state index contributed by atoms with van der Waals surface area (Å²) in [5, 5.41) is 2.93. The maximum Gasteiger partial charge on any atom is 0.116 e. The molecule has 0 fully saturated rings. The van der Waals surface area contributed by atoms with Gasteiger partial charge in [0, 0.05) is 12.8 Å². The quantitative estimate of drug-likeness (QED) is 0.545. The molecule has 1 rings (SSSR count). The van der Waals surface area contributed by atoms with Gasteiger partial charge in [0.1, 0.15) is 6.73 Å². The Bertz CT molecular complexity index is 91.8. The van der Waals surface area contributed by atoms with Crippen LogP contribution in [0, 0.1) is 0 Å². The van der Waals surface area contributed by atoms with Crippen molar-refractivity contribution in [3.05, 3.63) is 12.5 Å². The summed E-state index contributed by atoms with van der Waals surface area (Å²) in [4.78, 5) is 0. The third kappa shape index (κ3) is 3.35. The zero-order valence-electron chi connectivity index (χ0n) is 6.01. The molecule has 0 amide bonds. The summed E-state index contributed by atoms with van der Waals surface area (Å²) in [6, 6.07) is 0. The molecule has 0 aromatic heterocycles. The Morgan fingerprint density at radius 1 is 1.20 bits per heavy atom. The van der Waals surface area contributed by atoms with Gasteiger partial charge < -0.3 is 14.8 Å². The van der Waals surface area contributed by atoms with Crippen molar-refractivity contribution in [2.24, 2.45) is 0 Å². The van der Waals surface area contributed by atoms with Crippen LogP contribution in [0.2, 0.25) is 0 Å². The number of nitrogens with one attached hydrogen (secondary N) is 1. The molecule has 0 aromatic carbocycles. The number of hydrogen-bond donors (Lipinski definition) is 1. The van der Waals surface area contributed by atoms with Gasteiger partial charge in [-0.2, -0.15) is 0 Å². The average Bonchev–Trinajstić information content (AvgIpc) is 2.01. The monoisotopic (exact) mass is 143 g/mol. The molecule has 1 N–H and O–H groups in total. The molecule has 3 heteroatoms. The molecule has 10 heavy (non-hydrogen) atoms. The minimum Gasteiger partial charge on any atom is -0.500 e. The molecule has 0 bridgehead atoms. The Morgan fingerprint density at radius 3 is 3.10 bits per heavy atom. The molecule has 0 saturated carbocycles. The van der Waals surface area contributed by atoms with Crippen LogP contribution in [0.25, 0.3) is 0 Å². The van der Waals surface area contributed by atoms with Gasteiger partial charge >= 0.3 is 0 Å². The van der Waals surface area contributed by atoms with Crippen LogP contribution < -0.4 is 5.32 Å². The Morgan fingerprint density at radius 2 is 2.10 bits per heavy atom. The van der Waals surface area contributed by atoms with Gasteiger partial charge in [0.05, 0.1) is 12.9 Å². The van der Waals surface area contributed by atoms with E-state index in [1.807, 2.05) is 0 Å². The van der Waals surface area contributed by atoms with Crippen molar-refractivity contribution in [2.45, 2.75) is 12.8 Å². The van der Waals surface area contributed by atoms with Crippen LogP contribution in [-0.2, 0) is 9.47 Å². The maximum absolute atomic E-state index is 5.19. The first-order valence-electron chi connectivity index (χ1n) is 3.58. The molecule has 3 nitrogen and oxygen atoms in total. The number of ether oxygens (including phenoxy) is 2. The van der Waals surface area contributed by atoms with Crippen molar-refractivity contribution in [1.29, 1.82) is 0 Å². The van der Waals surface area contributed by atoms with Crippen LogP contribution in [0.5, 0.6) is 0 Å². The van der Waals surface area contributed by atoms with Crippen LogP contribution in [-0.4, -0.2) is 19.9 Å². The molecule has 1 aliphatic rings. The van der Waals surface area contributed by atoms with Crippen molar-refractivity contribution >= 4 is 0 Å².